The second-order valence-corrected chi connectivity index (χ2v) is 7.95. The summed E-state index contributed by atoms with van der Waals surface area (Å²) in [4.78, 5) is 5.40. The van der Waals surface area contributed by atoms with E-state index in [2.05, 4.69) is 17.1 Å². The Hall–Kier alpha value is -3.02. The number of fused-ring (bicyclic) bond motifs is 3. The highest BCUT2D eigenvalue weighted by atomic mass is 32.1. The Labute approximate surface area is 164 Å². The zero-order chi connectivity index (χ0) is 18.4. The van der Waals surface area contributed by atoms with Crippen molar-refractivity contribution in [3.05, 3.63) is 92.2 Å². The van der Waals surface area contributed by atoms with Gasteiger partial charge in [0.2, 0.25) is 5.88 Å². The fraction of sp³-hybridized carbons (Fsp3) is 0. The normalized spacial score (nSPS) is 12.5. The van der Waals surface area contributed by atoms with Crippen molar-refractivity contribution in [3.8, 4) is 22.7 Å². The fourth-order valence-corrected chi connectivity index (χ4v) is 4.63. The number of rotatable bonds is 2. The van der Waals surface area contributed by atoms with Crippen molar-refractivity contribution < 1.29 is 5.11 Å². The first-order valence-electron chi connectivity index (χ1n) is 8.51. The van der Waals surface area contributed by atoms with Crippen molar-refractivity contribution in [2.45, 2.75) is 0 Å². The van der Waals surface area contributed by atoms with Crippen LogP contribution in [-0.2, 0) is 0 Å². The summed E-state index contributed by atoms with van der Waals surface area (Å²) in [5, 5.41) is 12.7. The van der Waals surface area contributed by atoms with Crippen LogP contribution in [0.5, 0.6) is 5.88 Å². The van der Waals surface area contributed by atoms with E-state index >= 15 is 0 Å². The zero-order valence-corrected chi connectivity index (χ0v) is 15.8. The fourth-order valence-electron chi connectivity index (χ4n) is 3.32. The Morgan fingerprint density at radius 3 is 2.56 bits per heavy atom. The Bertz CT molecular complexity index is 1350. The highest BCUT2D eigenvalue weighted by molar-refractivity contribution is 7.73. The average Bonchev–Trinajstić information content (AvgIpc) is 3.19. The number of thiazole rings is 1. The maximum absolute atomic E-state index is 10.7. The maximum atomic E-state index is 10.7. The maximum Gasteiger partial charge on any atom is 0.215 e. The van der Waals surface area contributed by atoms with Crippen LogP contribution in [0.25, 0.3) is 22.9 Å². The summed E-state index contributed by atoms with van der Waals surface area (Å²) in [6, 6.07) is 23.9. The molecule has 2 heterocycles. The molecule has 0 amide bonds. The molecule has 1 aliphatic heterocycles. The van der Waals surface area contributed by atoms with Crippen molar-refractivity contribution >= 4 is 35.3 Å². The molecule has 130 valence electrons. The summed E-state index contributed by atoms with van der Waals surface area (Å²) >= 11 is 6.87. The number of hydrogen-bond acceptors (Lipinski definition) is 4. The van der Waals surface area contributed by atoms with E-state index in [0.717, 1.165) is 38.0 Å². The molecule has 5 heteroatoms. The highest BCUT2D eigenvalue weighted by Gasteiger charge is 2.14. The van der Waals surface area contributed by atoms with Gasteiger partial charge in [-0.3, -0.25) is 4.57 Å². The predicted octanol–water partition coefficient (Wildman–Crippen LogP) is 4.73. The molecule has 4 aromatic rings. The topological polar surface area (TPSA) is 37.5 Å². The third kappa shape index (κ3) is 2.72. The van der Waals surface area contributed by atoms with E-state index in [1.807, 2.05) is 66.7 Å². The molecule has 1 aliphatic rings. The smallest absolute Gasteiger partial charge is 0.215 e. The molecule has 0 unspecified atom stereocenters. The molecule has 0 aliphatic carbocycles. The van der Waals surface area contributed by atoms with Gasteiger partial charge in [0.1, 0.15) is 0 Å². The Morgan fingerprint density at radius 1 is 0.926 bits per heavy atom. The standard InChI is InChI=1S/C22H14N2OS2/c25-21-20(27-22(26)24(21)15-6-2-1-3-7-15)13-14-10-11-19-17(12-14)16-8-4-5-9-18(16)23-19/h1-13,25H. The van der Waals surface area contributed by atoms with Gasteiger partial charge in [0, 0.05) is 11.1 Å². The van der Waals surface area contributed by atoms with Crippen LogP contribution in [0.2, 0.25) is 0 Å². The molecule has 0 fully saturated rings. The monoisotopic (exact) mass is 386 g/mol. The number of benzene rings is 3. The van der Waals surface area contributed by atoms with Gasteiger partial charge >= 0.3 is 0 Å². The van der Waals surface area contributed by atoms with Crippen LogP contribution in [0, 0.1) is 3.95 Å². The van der Waals surface area contributed by atoms with E-state index in [9.17, 15) is 5.11 Å². The molecule has 0 saturated carbocycles. The summed E-state index contributed by atoms with van der Waals surface area (Å²) in [5.74, 6) is 0.168. The molecule has 1 N–H and O–H groups in total. The van der Waals surface area contributed by atoms with Crippen LogP contribution in [-0.4, -0.2) is 9.67 Å². The third-order valence-electron chi connectivity index (χ3n) is 4.58. The van der Waals surface area contributed by atoms with Gasteiger partial charge in [-0.1, -0.05) is 42.5 Å². The first-order chi connectivity index (χ1) is 13.2. The molecule has 5 rings (SSSR count). The van der Waals surface area contributed by atoms with Crippen LogP contribution in [0.15, 0.2) is 77.8 Å². The van der Waals surface area contributed by atoms with Crippen molar-refractivity contribution in [1.29, 1.82) is 0 Å². The van der Waals surface area contributed by atoms with E-state index in [1.54, 1.807) is 4.57 Å². The molecule has 0 radical (unpaired) electrons. The third-order valence-corrected chi connectivity index (χ3v) is 5.89. The summed E-state index contributed by atoms with van der Waals surface area (Å²) in [5.41, 5.74) is 4.11. The van der Waals surface area contributed by atoms with Crippen molar-refractivity contribution in [2.75, 3.05) is 0 Å². The molecule has 27 heavy (non-hydrogen) atoms. The lowest BCUT2D eigenvalue weighted by molar-refractivity contribution is 0.441. The van der Waals surface area contributed by atoms with Gasteiger partial charge in [-0.25, -0.2) is 4.99 Å². The van der Waals surface area contributed by atoms with Crippen molar-refractivity contribution in [2.24, 2.45) is 4.99 Å². The lowest BCUT2D eigenvalue weighted by Crippen LogP contribution is -2.09. The largest absolute Gasteiger partial charge is 0.493 e. The van der Waals surface area contributed by atoms with Gasteiger partial charge in [0.25, 0.3) is 0 Å². The van der Waals surface area contributed by atoms with Crippen molar-refractivity contribution in [1.82, 2.24) is 4.57 Å². The molecule has 0 spiro atoms. The van der Waals surface area contributed by atoms with Gasteiger partial charge < -0.3 is 5.11 Å². The molecule has 0 saturated heterocycles. The summed E-state index contributed by atoms with van der Waals surface area (Å²) in [6.45, 7) is 0. The van der Waals surface area contributed by atoms with Crippen LogP contribution >= 0.6 is 23.6 Å². The minimum Gasteiger partial charge on any atom is -0.493 e. The number of hydrogen-bond donors (Lipinski definition) is 1. The zero-order valence-electron chi connectivity index (χ0n) is 14.2. The SMILES string of the molecule is Oc1c(C=c2ccc3c(c2)-c2ccccc2N=3)sc(=S)n1-c1ccccc1. The number of aromatic hydroxyl groups is 1. The van der Waals surface area contributed by atoms with E-state index in [4.69, 9.17) is 12.2 Å². The van der Waals surface area contributed by atoms with Crippen LogP contribution in [0.4, 0.5) is 5.69 Å². The second kappa shape index (κ2) is 6.30. The summed E-state index contributed by atoms with van der Waals surface area (Å²) < 4.78 is 2.32. The van der Waals surface area contributed by atoms with E-state index in [-0.39, 0.29) is 5.88 Å². The van der Waals surface area contributed by atoms with Crippen LogP contribution < -0.4 is 10.6 Å². The number of para-hydroxylation sites is 2. The number of aromatic nitrogens is 1. The second-order valence-electron chi connectivity index (χ2n) is 6.28. The molecule has 1 aromatic heterocycles. The molecular weight excluding hydrogens is 372 g/mol. The molecule has 3 nitrogen and oxygen atoms in total. The Kier molecular flexibility index (Phi) is 3.77. The van der Waals surface area contributed by atoms with Crippen molar-refractivity contribution in [3.63, 3.8) is 0 Å². The lowest BCUT2D eigenvalue weighted by Gasteiger charge is -2.03. The van der Waals surface area contributed by atoms with E-state index in [1.165, 1.54) is 11.3 Å². The summed E-state index contributed by atoms with van der Waals surface area (Å²) in [7, 11) is 0. The van der Waals surface area contributed by atoms with Gasteiger partial charge in [0.15, 0.2) is 3.95 Å². The molecule has 0 atom stereocenters. The predicted molar refractivity (Wildman–Crippen MR) is 112 cm³/mol. The highest BCUT2D eigenvalue weighted by Crippen LogP contribution is 2.32. The van der Waals surface area contributed by atoms with Gasteiger partial charge in [-0.2, -0.15) is 0 Å². The number of nitrogens with zero attached hydrogens (tertiary/aromatic N) is 2. The van der Waals surface area contributed by atoms with Gasteiger partial charge in [-0.15, -0.1) is 11.3 Å². The summed E-state index contributed by atoms with van der Waals surface area (Å²) in [6.07, 6.45) is 1.97. The molecule has 3 aromatic carbocycles. The Morgan fingerprint density at radius 2 is 1.70 bits per heavy atom. The van der Waals surface area contributed by atoms with Gasteiger partial charge in [-0.05, 0) is 53.8 Å². The minimum atomic E-state index is 0.168. The molecule has 0 bridgehead atoms. The minimum absolute atomic E-state index is 0.168. The van der Waals surface area contributed by atoms with E-state index in [0.29, 0.717) is 3.95 Å². The van der Waals surface area contributed by atoms with Gasteiger partial charge in [0.05, 0.1) is 21.6 Å². The van der Waals surface area contributed by atoms with E-state index < -0.39 is 0 Å². The first kappa shape index (κ1) is 16.2. The first-order valence-corrected chi connectivity index (χ1v) is 9.73. The lowest BCUT2D eigenvalue weighted by atomic mass is 10.0. The van der Waals surface area contributed by atoms with Crippen LogP contribution in [0.3, 0.4) is 0 Å². The Balaban J connectivity index is 1.65. The van der Waals surface area contributed by atoms with Crippen LogP contribution in [0.1, 0.15) is 4.88 Å². The average molecular weight is 387 g/mol. The quantitative estimate of drug-likeness (QED) is 0.445. The molecular formula is C22H14N2OS2.